The Morgan fingerprint density at radius 2 is 1.55 bits per heavy atom. The van der Waals surface area contributed by atoms with Gasteiger partial charge in [-0.05, 0) is 103 Å². The zero-order valence-corrected chi connectivity index (χ0v) is 31.8. The van der Waals surface area contributed by atoms with Crippen LogP contribution in [0, 0.1) is 26.6 Å². The van der Waals surface area contributed by atoms with Crippen LogP contribution in [0.2, 0.25) is 5.02 Å². The quantitative estimate of drug-likeness (QED) is 0.112. The number of hydrogen-bond acceptors (Lipinski definition) is 6. The molecule has 53 heavy (non-hydrogen) atoms. The maximum absolute atomic E-state index is 13.1. The van der Waals surface area contributed by atoms with Crippen LogP contribution in [-0.2, 0) is 24.4 Å². The largest absolute Gasteiger partial charge is 0.493 e. The van der Waals surface area contributed by atoms with Gasteiger partial charge in [-0.1, -0.05) is 59.6 Å². The second-order valence-corrected chi connectivity index (χ2v) is 13.5. The second-order valence-electron chi connectivity index (χ2n) is 13.1. The molecule has 0 bridgehead atoms. The van der Waals surface area contributed by atoms with Crippen LogP contribution in [0.25, 0.3) is 6.08 Å². The summed E-state index contributed by atoms with van der Waals surface area (Å²) in [5.74, 6) is 1.94. The molecule has 0 saturated carbocycles. The molecule has 4 aromatic carbocycles. The van der Waals surface area contributed by atoms with Crippen molar-refractivity contribution < 1.29 is 23.4 Å². The van der Waals surface area contributed by atoms with Gasteiger partial charge < -0.3 is 19.1 Å². The Labute approximate surface area is 322 Å². The number of aryl methyl sites for hydroxylation is 3. The maximum Gasteiger partial charge on any atom is 0.246 e. The average molecular weight is 757 g/mol. The van der Waals surface area contributed by atoms with Crippen LogP contribution in [0.15, 0.2) is 103 Å². The molecule has 1 fully saturated rings. The number of hydrogen-bond donors (Lipinski definition) is 0. The minimum absolute atomic E-state index is 0. The first-order valence-corrected chi connectivity index (χ1v) is 17.8. The van der Waals surface area contributed by atoms with E-state index in [1.165, 1.54) is 34.4 Å². The number of amides is 1. The van der Waals surface area contributed by atoms with Gasteiger partial charge in [-0.15, -0.1) is 12.4 Å². The lowest BCUT2D eigenvalue weighted by Gasteiger charge is -2.34. The maximum atomic E-state index is 13.1. The van der Waals surface area contributed by atoms with Crippen molar-refractivity contribution >= 4 is 36.0 Å². The van der Waals surface area contributed by atoms with E-state index in [0.29, 0.717) is 54.5 Å². The summed E-state index contributed by atoms with van der Waals surface area (Å²) in [6, 6.07) is 28.2. The molecule has 0 aliphatic carbocycles. The minimum Gasteiger partial charge on any atom is -0.493 e. The third kappa shape index (κ3) is 11.3. The molecule has 10 heteroatoms. The number of ether oxygens (including phenoxy) is 3. The number of benzene rings is 4. The molecule has 6 rings (SSSR count). The van der Waals surface area contributed by atoms with Gasteiger partial charge in [0.2, 0.25) is 11.8 Å². The Balaban J connectivity index is 0.00000541. The van der Waals surface area contributed by atoms with Gasteiger partial charge in [0, 0.05) is 51.3 Å². The number of carbonyl (C=O) groups excluding carboxylic acids is 1. The summed E-state index contributed by atoms with van der Waals surface area (Å²) in [7, 11) is 0. The zero-order chi connectivity index (χ0) is 36.5. The van der Waals surface area contributed by atoms with Gasteiger partial charge in [0.15, 0.2) is 5.75 Å². The van der Waals surface area contributed by atoms with E-state index >= 15 is 0 Å². The summed E-state index contributed by atoms with van der Waals surface area (Å²) in [5.41, 5.74) is 7.64. The second kappa shape index (κ2) is 18.7. The molecule has 1 saturated heterocycles. The summed E-state index contributed by atoms with van der Waals surface area (Å²) < 4.78 is 30.8. The van der Waals surface area contributed by atoms with E-state index < -0.39 is 0 Å². The normalized spacial score (nSPS) is 13.1. The van der Waals surface area contributed by atoms with Gasteiger partial charge in [0.25, 0.3) is 0 Å². The number of piperazine rings is 1. The molecule has 2 heterocycles. The number of halogens is 3. The van der Waals surface area contributed by atoms with Crippen LogP contribution in [0.1, 0.15) is 38.9 Å². The fourth-order valence-corrected chi connectivity index (χ4v) is 6.37. The monoisotopic (exact) mass is 755 g/mol. The van der Waals surface area contributed by atoms with E-state index in [2.05, 4.69) is 54.1 Å². The highest BCUT2D eigenvalue weighted by atomic mass is 35.5. The molecule has 1 aromatic heterocycles. The van der Waals surface area contributed by atoms with Crippen molar-refractivity contribution in [2.45, 2.75) is 40.3 Å². The van der Waals surface area contributed by atoms with Crippen LogP contribution in [0.5, 0.6) is 23.1 Å². The molecule has 0 N–H and O–H groups in total. The Morgan fingerprint density at radius 1 is 0.830 bits per heavy atom. The fourth-order valence-electron chi connectivity index (χ4n) is 6.05. The topological polar surface area (TPSA) is 64.1 Å². The first kappa shape index (κ1) is 39.3. The van der Waals surface area contributed by atoms with Crippen molar-refractivity contribution in [3.63, 3.8) is 0 Å². The highest BCUT2D eigenvalue weighted by molar-refractivity contribution is 6.32. The summed E-state index contributed by atoms with van der Waals surface area (Å²) in [4.78, 5) is 21.7. The van der Waals surface area contributed by atoms with Gasteiger partial charge in [0.05, 0.1) is 17.8 Å². The Bertz CT molecular complexity index is 1970. The summed E-state index contributed by atoms with van der Waals surface area (Å²) in [6.45, 7) is 10.8. The summed E-state index contributed by atoms with van der Waals surface area (Å²) in [6.07, 6.45) is 5.82. The smallest absolute Gasteiger partial charge is 0.246 e. The molecule has 0 radical (unpaired) electrons. The van der Waals surface area contributed by atoms with Crippen molar-refractivity contribution in [3.8, 4) is 23.1 Å². The Hall–Kier alpha value is -4.89. The first-order chi connectivity index (χ1) is 25.2. The number of pyridine rings is 1. The third-order valence-corrected chi connectivity index (χ3v) is 9.34. The van der Waals surface area contributed by atoms with Crippen LogP contribution in [0.3, 0.4) is 0 Å². The van der Waals surface area contributed by atoms with Crippen LogP contribution in [0.4, 0.5) is 4.39 Å². The molecule has 0 atom stereocenters. The molecule has 7 nitrogen and oxygen atoms in total. The van der Waals surface area contributed by atoms with Crippen molar-refractivity contribution in [3.05, 3.63) is 153 Å². The van der Waals surface area contributed by atoms with Crippen molar-refractivity contribution in [2.75, 3.05) is 32.8 Å². The standard InChI is InChI=1S/C43H43ClFN3O4.ClH/c1-30-4-6-33(7-5-30)29-51-39-15-16-41(46-27-39)52-43-32(3)25-34(26-40(43)44)9-17-42(49)48-21-19-47(20-22-48)28-35-8-10-36(31(2)24-35)18-23-50-38-13-11-37(45)12-14-38;/h4-17,24-27H,18-23,28-29H2,1-3H3;1H. The van der Waals surface area contributed by atoms with Gasteiger partial charge in [0.1, 0.15) is 23.9 Å². The third-order valence-electron chi connectivity index (χ3n) is 9.06. The summed E-state index contributed by atoms with van der Waals surface area (Å²) in [5, 5.41) is 0.434. The lowest BCUT2D eigenvalue weighted by molar-refractivity contribution is -0.127. The highest BCUT2D eigenvalue weighted by Crippen LogP contribution is 2.34. The van der Waals surface area contributed by atoms with E-state index in [1.54, 1.807) is 42.6 Å². The van der Waals surface area contributed by atoms with E-state index in [-0.39, 0.29) is 24.1 Å². The van der Waals surface area contributed by atoms with Crippen LogP contribution < -0.4 is 14.2 Å². The SMILES string of the molecule is Cc1ccc(COc2ccc(Oc3c(C)cc(C=CC(=O)N4CCN(Cc5ccc(CCOc6ccc(F)cc6)c(C)c5)CC4)cc3Cl)nc2)cc1.Cl. The molecule has 1 amide bonds. The number of rotatable bonds is 13. The highest BCUT2D eigenvalue weighted by Gasteiger charge is 2.20. The number of carbonyl (C=O) groups is 1. The molecule has 0 unspecified atom stereocenters. The van der Waals surface area contributed by atoms with E-state index in [1.807, 2.05) is 36.1 Å². The molecule has 276 valence electrons. The van der Waals surface area contributed by atoms with Gasteiger partial charge in [-0.2, -0.15) is 0 Å². The van der Waals surface area contributed by atoms with Gasteiger partial charge in [-0.3, -0.25) is 9.69 Å². The molecule has 0 spiro atoms. The fraction of sp³-hybridized carbons (Fsp3) is 0.256. The molecule has 5 aromatic rings. The molecular weight excluding hydrogens is 712 g/mol. The molecule has 1 aliphatic heterocycles. The predicted octanol–water partition coefficient (Wildman–Crippen LogP) is 9.57. The van der Waals surface area contributed by atoms with Crippen molar-refractivity contribution in [1.29, 1.82) is 0 Å². The Morgan fingerprint density at radius 3 is 2.23 bits per heavy atom. The number of nitrogens with zero attached hydrogens (tertiary/aromatic N) is 3. The van der Waals surface area contributed by atoms with Gasteiger partial charge in [-0.25, -0.2) is 9.37 Å². The lowest BCUT2D eigenvalue weighted by Crippen LogP contribution is -2.47. The van der Waals surface area contributed by atoms with Gasteiger partial charge >= 0.3 is 0 Å². The van der Waals surface area contributed by atoms with Crippen LogP contribution in [-0.4, -0.2) is 53.5 Å². The van der Waals surface area contributed by atoms with Crippen molar-refractivity contribution in [2.24, 2.45) is 0 Å². The summed E-state index contributed by atoms with van der Waals surface area (Å²) >= 11 is 6.63. The molecule has 1 aliphatic rings. The van der Waals surface area contributed by atoms with E-state index in [4.69, 9.17) is 25.8 Å². The van der Waals surface area contributed by atoms with E-state index in [0.717, 1.165) is 42.7 Å². The van der Waals surface area contributed by atoms with Crippen LogP contribution >= 0.6 is 24.0 Å². The molecular formula is C43H44Cl2FN3O4. The lowest BCUT2D eigenvalue weighted by atomic mass is 10.0. The first-order valence-electron chi connectivity index (χ1n) is 17.5. The average Bonchev–Trinajstić information content (AvgIpc) is 3.14. The van der Waals surface area contributed by atoms with E-state index in [9.17, 15) is 9.18 Å². The minimum atomic E-state index is -0.271. The van der Waals surface area contributed by atoms with Crippen molar-refractivity contribution in [1.82, 2.24) is 14.8 Å². The number of aromatic nitrogens is 1. The predicted molar refractivity (Wildman–Crippen MR) is 211 cm³/mol. The zero-order valence-electron chi connectivity index (χ0n) is 30.2. The Kier molecular flexibility index (Phi) is 13.9.